The minimum atomic E-state index is -3.49. The molecular formula is C11H23N5O2S. The van der Waals surface area contributed by atoms with Crippen molar-refractivity contribution in [2.75, 3.05) is 41.3 Å². The van der Waals surface area contributed by atoms with Crippen LogP contribution in [0.3, 0.4) is 0 Å². The lowest BCUT2D eigenvalue weighted by atomic mass is 10.4. The van der Waals surface area contributed by atoms with Crippen LogP contribution < -0.4 is 5.32 Å². The Morgan fingerprint density at radius 3 is 2.58 bits per heavy atom. The first-order valence-electron chi connectivity index (χ1n) is 6.17. The number of H-pyrrole nitrogens is 1. The molecular weight excluding hydrogens is 266 g/mol. The van der Waals surface area contributed by atoms with Gasteiger partial charge in [0.2, 0.25) is 0 Å². The molecule has 8 heteroatoms. The van der Waals surface area contributed by atoms with Crippen molar-refractivity contribution in [2.45, 2.75) is 18.0 Å². The maximum absolute atomic E-state index is 12.4. The highest BCUT2D eigenvalue weighted by Crippen LogP contribution is 2.16. The highest BCUT2D eigenvalue weighted by atomic mass is 32.2. The van der Waals surface area contributed by atoms with E-state index in [2.05, 4.69) is 15.5 Å². The lowest BCUT2D eigenvalue weighted by Gasteiger charge is -2.18. The van der Waals surface area contributed by atoms with Crippen molar-refractivity contribution in [3.63, 3.8) is 0 Å². The normalized spacial score (nSPS) is 12.5. The number of hydrogen-bond acceptors (Lipinski definition) is 5. The Labute approximate surface area is 115 Å². The van der Waals surface area contributed by atoms with Crippen molar-refractivity contribution in [2.24, 2.45) is 0 Å². The van der Waals surface area contributed by atoms with Crippen molar-refractivity contribution in [1.29, 1.82) is 0 Å². The Morgan fingerprint density at radius 2 is 2.00 bits per heavy atom. The van der Waals surface area contributed by atoms with Gasteiger partial charge in [0, 0.05) is 25.7 Å². The van der Waals surface area contributed by atoms with Crippen LogP contribution in [-0.2, 0) is 16.6 Å². The van der Waals surface area contributed by atoms with Gasteiger partial charge in [-0.15, -0.1) is 0 Å². The van der Waals surface area contributed by atoms with Crippen LogP contribution in [0.2, 0.25) is 0 Å². The molecule has 0 bridgehead atoms. The number of sulfonamides is 1. The van der Waals surface area contributed by atoms with E-state index in [-0.39, 0.29) is 5.03 Å². The molecule has 1 aromatic rings. The molecule has 7 nitrogen and oxygen atoms in total. The maximum Gasteiger partial charge on any atom is 0.260 e. The van der Waals surface area contributed by atoms with Crippen LogP contribution in [-0.4, -0.2) is 69.1 Å². The molecule has 110 valence electrons. The summed E-state index contributed by atoms with van der Waals surface area (Å²) in [6.07, 6.45) is 2.33. The Kier molecular flexibility index (Phi) is 5.92. The standard InChI is InChI=1S/C11H23N5O2S/c1-12-8-10-9-13-14-11(10)19(17,18)16(4)7-5-6-15(2)3/h9,12H,5-8H2,1-4H3,(H,13,14). The van der Waals surface area contributed by atoms with Crippen LogP contribution in [0.25, 0.3) is 0 Å². The lowest BCUT2D eigenvalue weighted by Crippen LogP contribution is -2.31. The molecule has 0 atom stereocenters. The van der Waals surface area contributed by atoms with Gasteiger partial charge in [0.25, 0.3) is 10.0 Å². The number of aromatic amines is 1. The van der Waals surface area contributed by atoms with E-state index < -0.39 is 10.0 Å². The molecule has 2 N–H and O–H groups in total. The van der Waals surface area contributed by atoms with Gasteiger partial charge in [0.05, 0.1) is 6.20 Å². The molecule has 0 aromatic carbocycles. The number of rotatable bonds is 8. The van der Waals surface area contributed by atoms with Gasteiger partial charge in [-0.3, -0.25) is 5.10 Å². The minimum absolute atomic E-state index is 0.175. The van der Waals surface area contributed by atoms with Crippen LogP contribution in [0.15, 0.2) is 11.2 Å². The van der Waals surface area contributed by atoms with E-state index in [1.54, 1.807) is 14.1 Å². The zero-order valence-corrected chi connectivity index (χ0v) is 12.8. The van der Waals surface area contributed by atoms with Gasteiger partial charge in [-0.2, -0.15) is 9.40 Å². The zero-order valence-electron chi connectivity index (χ0n) is 12.0. The first-order valence-corrected chi connectivity index (χ1v) is 7.61. The van der Waals surface area contributed by atoms with Gasteiger partial charge in [-0.1, -0.05) is 0 Å². The van der Waals surface area contributed by atoms with Crippen LogP contribution in [0.5, 0.6) is 0 Å². The summed E-state index contributed by atoms with van der Waals surface area (Å²) in [6.45, 7) is 1.81. The smallest absolute Gasteiger partial charge is 0.260 e. The minimum Gasteiger partial charge on any atom is -0.316 e. The third kappa shape index (κ3) is 4.27. The molecule has 1 rings (SSSR count). The van der Waals surface area contributed by atoms with Crippen LogP contribution in [0.1, 0.15) is 12.0 Å². The highest BCUT2D eigenvalue weighted by molar-refractivity contribution is 7.89. The van der Waals surface area contributed by atoms with E-state index in [1.165, 1.54) is 10.5 Å². The summed E-state index contributed by atoms with van der Waals surface area (Å²) in [6, 6.07) is 0. The van der Waals surface area contributed by atoms with Crippen molar-refractivity contribution < 1.29 is 8.42 Å². The molecule has 0 spiro atoms. The van der Waals surface area contributed by atoms with E-state index in [0.717, 1.165) is 13.0 Å². The first-order chi connectivity index (χ1) is 8.89. The van der Waals surface area contributed by atoms with E-state index >= 15 is 0 Å². The Morgan fingerprint density at radius 1 is 1.32 bits per heavy atom. The molecule has 0 amide bonds. The summed E-state index contributed by atoms with van der Waals surface area (Å²) in [5, 5.41) is 9.50. The molecule has 0 aliphatic rings. The Bertz CT molecular complexity index is 483. The van der Waals surface area contributed by atoms with Gasteiger partial charge in [0.15, 0.2) is 5.03 Å². The third-order valence-corrected chi connectivity index (χ3v) is 4.66. The maximum atomic E-state index is 12.4. The SMILES string of the molecule is CNCc1cn[nH]c1S(=O)(=O)N(C)CCCN(C)C. The fourth-order valence-corrected chi connectivity index (χ4v) is 3.03. The van der Waals surface area contributed by atoms with Crippen molar-refractivity contribution in [3.8, 4) is 0 Å². The van der Waals surface area contributed by atoms with Crippen molar-refractivity contribution in [1.82, 2.24) is 24.7 Å². The molecule has 1 heterocycles. The van der Waals surface area contributed by atoms with E-state index in [9.17, 15) is 8.42 Å². The predicted octanol–water partition coefficient (Wildman–Crippen LogP) is -0.299. The average molecular weight is 289 g/mol. The molecule has 0 saturated heterocycles. The molecule has 0 fully saturated rings. The summed E-state index contributed by atoms with van der Waals surface area (Å²) in [7, 11) is 3.80. The molecule has 0 unspecified atom stereocenters. The largest absolute Gasteiger partial charge is 0.316 e. The van der Waals surface area contributed by atoms with Gasteiger partial charge in [-0.25, -0.2) is 8.42 Å². The van der Waals surface area contributed by atoms with Gasteiger partial charge in [-0.05, 0) is 34.1 Å². The second kappa shape index (κ2) is 6.99. The van der Waals surface area contributed by atoms with Crippen LogP contribution in [0.4, 0.5) is 0 Å². The van der Waals surface area contributed by atoms with Gasteiger partial charge in [0.1, 0.15) is 0 Å². The topological polar surface area (TPSA) is 81.3 Å². The highest BCUT2D eigenvalue weighted by Gasteiger charge is 2.25. The van der Waals surface area contributed by atoms with Crippen molar-refractivity contribution in [3.05, 3.63) is 11.8 Å². The number of hydrogen-bond donors (Lipinski definition) is 2. The van der Waals surface area contributed by atoms with Gasteiger partial charge >= 0.3 is 0 Å². The zero-order chi connectivity index (χ0) is 14.5. The predicted molar refractivity (Wildman–Crippen MR) is 74.3 cm³/mol. The average Bonchev–Trinajstić information content (AvgIpc) is 2.77. The summed E-state index contributed by atoms with van der Waals surface area (Å²) < 4.78 is 26.1. The van der Waals surface area contributed by atoms with Gasteiger partial charge < -0.3 is 10.2 Å². The number of nitrogens with one attached hydrogen (secondary N) is 2. The monoisotopic (exact) mass is 289 g/mol. The van der Waals surface area contributed by atoms with Crippen molar-refractivity contribution >= 4 is 10.0 Å². The number of nitrogens with zero attached hydrogens (tertiary/aromatic N) is 3. The van der Waals surface area contributed by atoms with Crippen LogP contribution >= 0.6 is 0 Å². The molecule has 19 heavy (non-hydrogen) atoms. The fourth-order valence-electron chi connectivity index (χ4n) is 1.72. The first kappa shape index (κ1) is 16.1. The summed E-state index contributed by atoms with van der Waals surface area (Å²) in [4.78, 5) is 2.03. The van der Waals surface area contributed by atoms with E-state index in [1.807, 2.05) is 19.0 Å². The molecule has 0 aliphatic carbocycles. The summed E-state index contributed by atoms with van der Waals surface area (Å²) >= 11 is 0. The second-order valence-electron chi connectivity index (χ2n) is 4.74. The molecule has 1 aromatic heterocycles. The summed E-state index contributed by atoms with van der Waals surface area (Å²) in [5.41, 5.74) is 0.655. The summed E-state index contributed by atoms with van der Waals surface area (Å²) in [5.74, 6) is 0. The lowest BCUT2D eigenvalue weighted by molar-refractivity contribution is 0.369. The number of aromatic nitrogens is 2. The fraction of sp³-hybridized carbons (Fsp3) is 0.727. The van der Waals surface area contributed by atoms with E-state index in [0.29, 0.717) is 18.7 Å². The second-order valence-corrected chi connectivity index (χ2v) is 6.72. The Hall–Kier alpha value is -0.960. The third-order valence-electron chi connectivity index (χ3n) is 2.79. The van der Waals surface area contributed by atoms with Crippen LogP contribution in [0, 0.1) is 0 Å². The molecule has 0 saturated carbocycles. The Balaban J connectivity index is 2.76. The quantitative estimate of drug-likeness (QED) is 0.687. The molecule has 0 radical (unpaired) electrons. The van der Waals surface area contributed by atoms with E-state index in [4.69, 9.17) is 0 Å². The molecule has 0 aliphatic heterocycles.